The number of aryl methyl sites for hydroxylation is 1. The molecule has 0 spiro atoms. The Morgan fingerprint density at radius 1 is 1.29 bits per heavy atom. The third kappa shape index (κ3) is 4.46. The zero-order chi connectivity index (χ0) is 15.2. The molecule has 0 aliphatic heterocycles. The van der Waals surface area contributed by atoms with Gasteiger partial charge >= 0.3 is 5.97 Å². The van der Waals surface area contributed by atoms with Crippen LogP contribution in [0.15, 0.2) is 53.4 Å². The molecule has 21 heavy (non-hydrogen) atoms. The molecule has 0 saturated carbocycles. The second kappa shape index (κ2) is 7.09. The van der Waals surface area contributed by atoms with Crippen LogP contribution in [0.25, 0.3) is 6.08 Å². The van der Waals surface area contributed by atoms with Gasteiger partial charge in [-0.05, 0) is 47.9 Å². The van der Waals surface area contributed by atoms with Crippen molar-refractivity contribution in [3.63, 3.8) is 0 Å². The molecule has 2 aromatic carbocycles. The highest BCUT2D eigenvalue weighted by molar-refractivity contribution is 7.98. The molecule has 0 aromatic heterocycles. The number of hydrogen-bond acceptors (Lipinski definition) is 2. The molecule has 0 unspecified atom stereocenters. The van der Waals surface area contributed by atoms with Gasteiger partial charge in [-0.25, -0.2) is 9.18 Å². The number of thioether (sulfide) groups is 1. The largest absolute Gasteiger partial charge is 0.478 e. The summed E-state index contributed by atoms with van der Waals surface area (Å²) in [5.41, 5.74) is 2.69. The summed E-state index contributed by atoms with van der Waals surface area (Å²) in [7, 11) is 0. The van der Waals surface area contributed by atoms with Crippen LogP contribution in [0.2, 0.25) is 0 Å². The Morgan fingerprint density at radius 3 is 2.76 bits per heavy atom. The second-order valence-electron chi connectivity index (χ2n) is 4.57. The first-order valence-corrected chi connectivity index (χ1v) is 7.42. The van der Waals surface area contributed by atoms with E-state index in [1.54, 1.807) is 17.8 Å². The summed E-state index contributed by atoms with van der Waals surface area (Å²) in [6.07, 6.45) is 2.45. The smallest absolute Gasteiger partial charge is 0.328 e. The molecule has 2 aromatic rings. The fourth-order valence-corrected chi connectivity index (χ4v) is 2.93. The lowest BCUT2D eigenvalue weighted by molar-refractivity contribution is -0.131. The summed E-state index contributed by atoms with van der Waals surface area (Å²) in [4.78, 5) is 11.8. The monoisotopic (exact) mass is 302 g/mol. The highest BCUT2D eigenvalue weighted by Gasteiger charge is 2.05. The first kappa shape index (κ1) is 15.3. The van der Waals surface area contributed by atoms with Crippen molar-refractivity contribution < 1.29 is 14.3 Å². The highest BCUT2D eigenvalue weighted by Crippen LogP contribution is 2.27. The Labute approximate surface area is 127 Å². The molecule has 0 aliphatic rings. The van der Waals surface area contributed by atoms with Crippen LogP contribution < -0.4 is 0 Å². The van der Waals surface area contributed by atoms with E-state index >= 15 is 0 Å². The van der Waals surface area contributed by atoms with Crippen LogP contribution in [-0.4, -0.2) is 11.1 Å². The minimum Gasteiger partial charge on any atom is -0.478 e. The molecule has 0 amide bonds. The number of halogens is 1. The summed E-state index contributed by atoms with van der Waals surface area (Å²) in [6, 6.07) is 12.5. The number of carbonyl (C=O) groups is 1. The van der Waals surface area contributed by atoms with Crippen LogP contribution in [-0.2, 0) is 10.5 Å². The van der Waals surface area contributed by atoms with Crippen molar-refractivity contribution in [3.05, 3.63) is 71.0 Å². The fraction of sp³-hybridized carbons (Fsp3) is 0.118. The Bertz CT molecular complexity index is 680. The van der Waals surface area contributed by atoms with Crippen LogP contribution in [0.3, 0.4) is 0 Å². The maximum atomic E-state index is 13.3. The molecule has 0 atom stereocenters. The number of carboxylic acids is 1. The van der Waals surface area contributed by atoms with Crippen LogP contribution in [0.1, 0.15) is 16.7 Å². The van der Waals surface area contributed by atoms with E-state index in [2.05, 4.69) is 0 Å². The minimum atomic E-state index is -1.04. The predicted octanol–water partition coefficient (Wildman–Crippen LogP) is 4.52. The molecule has 1 N–H and O–H groups in total. The van der Waals surface area contributed by atoms with Crippen LogP contribution in [0.4, 0.5) is 4.39 Å². The van der Waals surface area contributed by atoms with E-state index in [0.29, 0.717) is 11.3 Å². The molecule has 0 heterocycles. The summed E-state index contributed by atoms with van der Waals surface area (Å²) in [5, 5.41) is 8.69. The molecule has 0 bridgehead atoms. The van der Waals surface area contributed by atoms with Crippen molar-refractivity contribution in [1.82, 2.24) is 0 Å². The van der Waals surface area contributed by atoms with Gasteiger partial charge in [0.2, 0.25) is 0 Å². The maximum Gasteiger partial charge on any atom is 0.328 e. The standard InChI is InChI=1S/C17H15FO2S/c1-12-4-2-3-5-16(12)21-11-14-6-8-15(18)10-13(14)7-9-17(19)20/h2-10H,11H2,1H3,(H,19,20). The molecule has 0 saturated heterocycles. The molecule has 0 radical (unpaired) electrons. The number of carboxylic acid groups (broad SMARTS) is 1. The van der Waals surface area contributed by atoms with Gasteiger partial charge in [-0.1, -0.05) is 24.3 Å². The lowest BCUT2D eigenvalue weighted by atomic mass is 10.1. The van der Waals surface area contributed by atoms with Gasteiger partial charge in [-0.2, -0.15) is 0 Å². The second-order valence-corrected chi connectivity index (χ2v) is 5.59. The molecule has 108 valence electrons. The van der Waals surface area contributed by atoms with E-state index in [4.69, 9.17) is 5.11 Å². The number of benzene rings is 2. The van der Waals surface area contributed by atoms with E-state index in [9.17, 15) is 9.18 Å². The van der Waals surface area contributed by atoms with Gasteiger partial charge in [0.25, 0.3) is 0 Å². The van der Waals surface area contributed by atoms with E-state index in [1.807, 2.05) is 31.2 Å². The first-order chi connectivity index (χ1) is 10.1. The van der Waals surface area contributed by atoms with Gasteiger partial charge in [-0.15, -0.1) is 11.8 Å². The van der Waals surface area contributed by atoms with E-state index in [0.717, 1.165) is 16.5 Å². The summed E-state index contributed by atoms with van der Waals surface area (Å²) < 4.78 is 13.3. The number of rotatable bonds is 5. The molecular weight excluding hydrogens is 287 g/mol. The Balaban J connectivity index is 2.20. The Kier molecular flexibility index (Phi) is 5.17. The van der Waals surface area contributed by atoms with Crippen molar-refractivity contribution in [2.45, 2.75) is 17.6 Å². The van der Waals surface area contributed by atoms with Crippen molar-refractivity contribution in [3.8, 4) is 0 Å². The first-order valence-electron chi connectivity index (χ1n) is 6.44. The molecular formula is C17H15FO2S. The number of hydrogen-bond donors (Lipinski definition) is 1. The number of aliphatic carboxylic acids is 1. The van der Waals surface area contributed by atoms with Crippen molar-refractivity contribution in [2.75, 3.05) is 0 Å². The van der Waals surface area contributed by atoms with Crippen LogP contribution in [0.5, 0.6) is 0 Å². The molecule has 2 rings (SSSR count). The van der Waals surface area contributed by atoms with Gasteiger partial charge in [-0.3, -0.25) is 0 Å². The maximum absolute atomic E-state index is 13.3. The third-order valence-corrected chi connectivity index (χ3v) is 4.21. The van der Waals surface area contributed by atoms with Crippen LogP contribution >= 0.6 is 11.8 Å². The highest BCUT2D eigenvalue weighted by atomic mass is 32.2. The molecule has 4 heteroatoms. The van der Waals surface area contributed by atoms with Gasteiger partial charge in [0.1, 0.15) is 5.82 Å². The summed E-state index contributed by atoms with van der Waals surface area (Å²) >= 11 is 1.65. The van der Waals surface area contributed by atoms with Gasteiger partial charge in [0, 0.05) is 16.7 Å². The zero-order valence-electron chi connectivity index (χ0n) is 11.5. The van der Waals surface area contributed by atoms with Gasteiger partial charge in [0.15, 0.2) is 0 Å². The van der Waals surface area contributed by atoms with E-state index in [1.165, 1.54) is 23.8 Å². The lowest BCUT2D eigenvalue weighted by Gasteiger charge is -2.08. The molecule has 0 aliphatic carbocycles. The normalized spacial score (nSPS) is 11.0. The topological polar surface area (TPSA) is 37.3 Å². The predicted molar refractivity (Wildman–Crippen MR) is 83.8 cm³/mol. The van der Waals surface area contributed by atoms with Crippen molar-refractivity contribution >= 4 is 23.8 Å². The Morgan fingerprint density at radius 2 is 2.05 bits per heavy atom. The summed E-state index contributed by atoms with van der Waals surface area (Å²) in [5.74, 6) is -0.758. The zero-order valence-corrected chi connectivity index (χ0v) is 12.4. The average Bonchev–Trinajstić information content (AvgIpc) is 2.45. The average molecular weight is 302 g/mol. The van der Waals surface area contributed by atoms with Crippen molar-refractivity contribution in [1.29, 1.82) is 0 Å². The molecule has 2 nitrogen and oxygen atoms in total. The van der Waals surface area contributed by atoms with Crippen LogP contribution in [0, 0.1) is 12.7 Å². The Hall–Kier alpha value is -2.07. The van der Waals surface area contributed by atoms with Gasteiger partial charge in [0.05, 0.1) is 0 Å². The van der Waals surface area contributed by atoms with Gasteiger partial charge < -0.3 is 5.11 Å². The van der Waals surface area contributed by atoms with E-state index in [-0.39, 0.29) is 5.82 Å². The fourth-order valence-electron chi connectivity index (χ4n) is 1.89. The summed E-state index contributed by atoms with van der Waals surface area (Å²) in [6.45, 7) is 2.04. The lowest BCUT2D eigenvalue weighted by Crippen LogP contribution is -1.91. The quantitative estimate of drug-likeness (QED) is 0.651. The minimum absolute atomic E-state index is 0.371. The van der Waals surface area contributed by atoms with E-state index < -0.39 is 5.97 Å². The molecule has 0 fully saturated rings. The van der Waals surface area contributed by atoms with Crippen molar-refractivity contribution in [2.24, 2.45) is 0 Å². The SMILES string of the molecule is Cc1ccccc1SCc1ccc(F)cc1C=CC(=O)O. The third-order valence-electron chi connectivity index (χ3n) is 2.99.